The molecule has 2 heteroatoms. The van der Waals surface area contributed by atoms with Crippen LogP contribution in [0.3, 0.4) is 0 Å². The normalized spacial score (nSPS) is 29.2. The number of rotatable bonds is 2. The Kier molecular flexibility index (Phi) is 1.65. The number of hydrogen-bond acceptors (Lipinski definition) is 2. The average molecular weight is 175 g/mol. The lowest BCUT2D eigenvalue weighted by atomic mass is 9.58. The van der Waals surface area contributed by atoms with Crippen molar-refractivity contribution in [1.29, 1.82) is 5.26 Å². The Morgan fingerprint density at radius 1 is 1.46 bits per heavy atom. The molecule has 0 saturated heterocycles. The summed E-state index contributed by atoms with van der Waals surface area (Å²) < 4.78 is 0. The highest BCUT2D eigenvalue weighted by Crippen LogP contribution is 2.57. The van der Waals surface area contributed by atoms with E-state index in [9.17, 15) is 5.11 Å². The first-order valence-corrected chi connectivity index (χ1v) is 4.80. The minimum atomic E-state index is -1.14. The standard InChI is InChI=1S/C11H13NO/c1-2-11(13,9-4-5-9)10(8-12)6-3-7-10/h1,9,13H,3-7H2/t11-/m0/s1. The van der Waals surface area contributed by atoms with Gasteiger partial charge in [-0.3, -0.25) is 0 Å². The third kappa shape index (κ3) is 0.929. The van der Waals surface area contributed by atoms with Gasteiger partial charge in [0.15, 0.2) is 0 Å². The lowest BCUT2D eigenvalue weighted by molar-refractivity contribution is -0.0639. The second kappa shape index (κ2) is 2.50. The summed E-state index contributed by atoms with van der Waals surface area (Å²) in [5, 5.41) is 19.3. The first kappa shape index (κ1) is 8.60. The predicted octanol–water partition coefficient (Wildman–Crippen LogP) is 1.45. The van der Waals surface area contributed by atoms with E-state index in [0.717, 1.165) is 32.1 Å². The topological polar surface area (TPSA) is 44.0 Å². The van der Waals surface area contributed by atoms with Gasteiger partial charge >= 0.3 is 0 Å². The Labute approximate surface area is 78.6 Å². The molecule has 0 aromatic carbocycles. The fraction of sp³-hybridized carbons (Fsp3) is 0.727. The number of hydrogen-bond donors (Lipinski definition) is 1. The summed E-state index contributed by atoms with van der Waals surface area (Å²) in [4.78, 5) is 0. The molecule has 0 radical (unpaired) electrons. The molecule has 2 nitrogen and oxygen atoms in total. The van der Waals surface area contributed by atoms with Crippen LogP contribution in [0.25, 0.3) is 0 Å². The van der Waals surface area contributed by atoms with Crippen molar-refractivity contribution in [3.63, 3.8) is 0 Å². The number of aliphatic hydroxyl groups is 1. The van der Waals surface area contributed by atoms with Gasteiger partial charge in [-0.15, -0.1) is 6.42 Å². The summed E-state index contributed by atoms with van der Waals surface area (Å²) in [6, 6.07) is 2.24. The fourth-order valence-electron chi connectivity index (χ4n) is 2.26. The van der Waals surface area contributed by atoms with Crippen molar-refractivity contribution in [2.45, 2.75) is 37.7 Å². The van der Waals surface area contributed by atoms with E-state index in [4.69, 9.17) is 11.7 Å². The van der Waals surface area contributed by atoms with E-state index in [2.05, 4.69) is 12.0 Å². The van der Waals surface area contributed by atoms with Gasteiger partial charge in [0.25, 0.3) is 0 Å². The lowest BCUT2D eigenvalue weighted by Gasteiger charge is -2.45. The Morgan fingerprint density at radius 2 is 2.08 bits per heavy atom. The summed E-state index contributed by atoms with van der Waals surface area (Å²) >= 11 is 0. The Bertz CT molecular complexity index is 301. The van der Waals surface area contributed by atoms with Crippen molar-refractivity contribution < 1.29 is 5.11 Å². The van der Waals surface area contributed by atoms with Crippen molar-refractivity contribution in [3.8, 4) is 18.4 Å². The van der Waals surface area contributed by atoms with Crippen LogP contribution in [-0.2, 0) is 0 Å². The van der Waals surface area contributed by atoms with Crippen LogP contribution in [-0.4, -0.2) is 10.7 Å². The van der Waals surface area contributed by atoms with Crippen LogP contribution in [0.15, 0.2) is 0 Å². The first-order valence-electron chi connectivity index (χ1n) is 4.80. The number of nitrogens with zero attached hydrogens (tertiary/aromatic N) is 1. The zero-order valence-corrected chi connectivity index (χ0v) is 7.58. The van der Waals surface area contributed by atoms with E-state index in [1.165, 1.54) is 0 Å². The molecule has 1 atom stereocenters. The second-order valence-electron chi connectivity index (χ2n) is 4.23. The molecule has 2 rings (SSSR count). The molecule has 0 aromatic heterocycles. The van der Waals surface area contributed by atoms with Crippen LogP contribution in [0.5, 0.6) is 0 Å². The van der Waals surface area contributed by atoms with Gasteiger partial charge in [0.2, 0.25) is 0 Å². The molecule has 1 N–H and O–H groups in total. The molecule has 68 valence electrons. The molecule has 13 heavy (non-hydrogen) atoms. The zero-order chi connectivity index (χ0) is 9.53. The van der Waals surface area contributed by atoms with Crippen molar-refractivity contribution >= 4 is 0 Å². The van der Waals surface area contributed by atoms with Gasteiger partial charge in [-0.25, -0.2) is 0 Å². The number of terminal acetylenes is 1. The van der Waals surface area contributed by atoms with E-state index >= 15 is 0 Å². The molecule has 0 aliphatic heterocycles. The maximum atomic E-state index is 10.3. The molecule has 0 heterocycles. The highest BCUT2D eigenvalue weighted by atomic mass is 16.3. The molecule has 2 aliphatic rings. The van der Waals surface area contributed by atoms with E-state index < -0.39 is 11.0 Å². The third-order valence-electron chi connectivity index (χ3n) is 3.54. The summed E-state index contributed by atoms with van der Waals surface area (Å²) in [5.74, 6) is 2.65. The van der Waals surface area contributed by atoms with Gasteiger partial charge in [0.05, 0.1) is 11.5 Å². The molecule has 2 fully saturated rings. The van der Waals surface area contributed by atoms with E-state index in [1.54, 1.807) is 0 Å². The average Bonchev–Trinajstić information content (AvgIpc) is 2.85. The summed E-state index contributed by atoms with van der Waals surface area (Å²) in [6.07, 6.45) is 9.87. The summed E-state index contributed by atoms with van der Waals surface area (Å²) in [7, 11) is 0. The highest BCUT2D eigenvalue weighted by molar-refractivity contribution is 5.29. The van der Waals surface area contributed by atoms with Crippen molar-refractivity contribution in [1.82, 2.24) is 0 Å². The molecular weight excluding hydrogens is 162 g/mol. The van der Waals surface area contributed by atoms with Crippen LogP contribution < -0.4 is 0 Å². The maximum absolute atomic E-state index is 10.3. The van der Waals surface area contributed by atoms with Gasteiger partial charge in [0.1, 0.15) is 5.60 Å². The quantitative estimate of drug-likeness (QED) is 0.645. The Hall–Kier alpha value is -0.990. The van der Waals surface area contributed by atoms with Gasteiger partial charge < -0.3 is 5.11 Å². The molecule has 0 spiro atoms. The van der Waals surface area contributed by atoms with Gasteiger partial charge in [-0.2, -0.15) is 5.26 Å². The maximum Gasteiger partial charge on any atom is 0.146 e. The third-order valence-corrected chi connectivity index (χ3v) is 3.54. The minimum absolute atomic E-state index is 0.178. The fourth-order valence-corrected chi connectivity index (χ4v) is 2.26. The van der Waals surface area contributed by atoms with Crippen LogP contribution in [0.1, 0.15) is 32.1 Å². The zero-order valence-electron chi connectivity index (χ0n) is 7.58. The lowest BCUT2D eigenvalue weighted by Crippen LogP contribution is -2.52. The van der Waals surface area contributed by atoms with E-state index in [0.29, 0.717) is 0 Å². The molecule has 0 amide bonds. The smallest absolute Gasteiger partial charge is 0.146 e. The van der Waals surface area contributed by atoms with Crippen LogP contribution in [0, 0.1) is 35.0 Å². The van der Waals surface area contributed by atoms with Crippen LogP contribution in [0.4, 0.5) is 0 Å². The first-order chi connectivity index (χ1) is 6.18. The second-order valence-corrected chi connectivity index (χ2v) is 4.23. The largest absolute Gasteiger partial charge is 0.376 e. The minimum Gasteiger partial charge on any atom is -0.376 e. The number of nitriles is 1. The van der Waals surface area contributed by atoms with Crippen molar-refractivity contribution in [3.05, 3.63) is 0 Å². The van der Waals surface area contributed by atoms with Gasteiger partial charge in [-0.1, -0.05) is 5.92 Å². The summed E-state index contributed by atoms with van der Waals surface area (Å²) in [6.45, 7) is 0. The van der Waals surface area contributed by atoms with Gasteiger partial charge in [-0.05, 0) is 32.1 Å². The molecule has 0 bridgehead atoms. The molecule has 0 unspecified atom stereocenters. The summed E-state index contributed by atoms with van der Waals surface area (Å²) in [5.41, 5.74) is -1.76. The highest BCUT2D eigenvalue weighted by Gasteiger charge is 2.60. The van der Waals surface area contributed by atoms with Crippen molar-refractivity contribution in [2.75, 3.05) is 0 Å². The SMILES string of the molecule is C#C[C@](O)(C1CC1)C1(C#N)CCC1. The van der Waals surface area contributed by atoms with Crippen LogP contribution in [0.2, 0.25) is 0 Å². The van der Waals surface area contributed by atoms with E-state index in [1.807, 2.05) is 0 Å². The molecule has 2 aliphatic carbocycles. The van der Waals surface area contributed by atoms with Crippen LogP contribution >= 0.6 is 0 Å². The van der Waals surface area contributed by atoms with Crippen molar-refractivity contribution in [2.24, 2.45) is 11.3 Å². The Balaban J connectivity index is 2.30. The Morgan fingerprint density at radius 3 is 2.31 bits per heavy atom. The predicted molar refractivity (Wildman–Crippen MR) is 48.4 cm³/mol. The van der Waals surface area contributed by atoms with E-state index in [-0.39, 0.29) is 5.92 Å². The molecule has 0 aromatic rings. The molecule has 2 saturated carbocycles. The monoisotopic (exact) mass is 175 g/mol. The van der Waals surface area contributed by atoms with Gasteiger partial charge in [0, 0.05) is 5.92 Å². The molecular formula is C11H13NO.